The SMILES string of the molecule is CC1CCN(c2cnc3ccccc3n2)C1CN. The fourth-order valence-corrected chi connectivity index (χ4v) is 2.74. The van der Waals surface area contributed by atoms with Crippen molar-refractivity contribution in [2.45, 2.75) is 19.4 Å². The molecule has 2 N–H and O–H groups in total. The van der Waals surface area contributed by atoms with Crippen LogP contribution in [0, 0.1) is 5.92 Å². The number of benzene rings is 1. The number of hydrogen-bond acceptors (Lipinski definition) is 4. The number of fused-ring (bicyclic) bond motifs is 1. The molecule has 0 spiro atoms. The van der Waals surface area contributed by atoms with E-state index < -0.39 is 0 Å². The molecular weight excluding hydrogens is 224 g/mol. The van der Waals surface area contributed by atoms with Crippen molar-refractivity contribution in [3.63, 3.8) is 0 Å². The lowest BCUT2D eigenvalue weighted by Crippen LogP contribution is -2.38. The van der Waals surface area contributed by atoms with Gasteiger partial charge in [0.1, 0.15) is 5.82 Å². The highest BCUT2D eigenvalue weighted by molar-refractivity contribution is 5.75. The molecule has 0 bridgehead atoms. The summed E-state index contributed by atoms with van der Waals surface area (Å²) in [6.07, 6.45) is 3.04. The summed E-state index contributed by atoms with van der Waals surface area (Å²) >= 11 is 0. The highest BCUT2D eigenvalue weighted by Crippen LogP contribution is 2.28. The zero-order chi connectivity index (χ0) is 12.5. The van der Waals surface area contributed by atoms with Crippen LogP contribution in [0.5, 0.6) is 0 Å². The number of nitrogens with two attached hydrogens (primary N) is 1. The number of aromatic nitrogens is 2. The Kier molecular flexibility index (Phi) is 2.88. The first kappa shape index (κ1) is 11.4. The van der Waals surface area contributed by atoms with Crippen LogP contribution in [-0.4, -0.2) is 29.1 Å². The Hall–Kier alpha value is -1.68. The van der Waals surface area contributed by atoms with Crippen LogP contribution in [0.25, 0.3) is 11.0 Å². The predicted molar refractivity (Wildman–Crippen MR) is 73.5 cm³/mol. The minimum atomic E-state index is 0.389. The smallest absolute Gasteiger partial charge is 0.148 e. The van der Waals surface area contributed by atoms with E-state index in [0.29, 0.717) is 18.5 Å². The normalized spacial score (nSPS) is 23.8. The standard InChI is InChI=1S/C14H18N4/c1-10-6-7-18(13(10)8-15)14-9-16-11-4-2-3-5-12(11)17-14/h2-5,9-10,13H,6-8,15H2,1H3. The van der Waals surface area contributed by atoms with Crippen LogP contribution in [0.3, 0.4) is 0 Å². The fraction of sp³-hybridized carbons (Fsp3) is 0.429. The third-order valence-corrected chi connectivity index (χ3v) is 3.85. The summed E-state index contributed by atoms with van der Waals surface area (Å²) in [6, 6.07) is 8.35. The van der Waals surface area contributed by atoms with Gasteiger partial charge < -0.3 is 10.6 Å². The molecular formula is C14H18N4. The summed E-state index contributed by atoms with van der Waals surface area (Å²) in [5.41, 5.74) is 7.77. The van der Waals surface area contributed by atoms with E-state index in [1.807, 2.05) is 30.5 Å². The van der Waals surface area contributed by atoms with Crippen molar-refractivity contribution in [3.8, 4) is 0 Å². The van der Waals surface area contributed by atoms with Crippen LogP contribution in [-0.2, 0) is 0 Å². The van der Waals surface area contributed by atoms with Gasteiger partial charge in [-0.1, -0.05) is 19.1 Å². The Labute approximate surface area is 107 Å². The number of para-hydroxylation sites is 2. The molecule has 1 aliphatic rings. The molecule has 2 atom stereocenters. The number of rotatable bonds is 2. The van der Waals surface area contributed by atoms with Crippen molar-refractivity contribution in [2.24, 2.45) is 11.7 Å². The summed E-state index contributed by atoms with van der Waals surface area (Å²) in [5.74, 6) is 1.58. The molecule has 0 aliphatic carbocycles. The molecule has 0 saturated carbocycles. The largest absolute Gasteiger partial charge is 0.351 e. The van der Waals surface area contributed by atoms with E-state index in [1.165, 1.54) is 6.42 Å². The van der Waals surface area contributed by atoms with Crippen LogP contribution < -0.4 is 10.6 Å². The van der Waals surface area contributed by atoms with Gasteiger partial charge in [0.05, 0.1) is 17.2 Å². The number of hydrogen-bond donors (Lipinski definition) is 1. The molecule has 2 heterocycles. The first-order valence-electron chi connectivity index (χ1n) is 6.48. The van der Waals surface area contributed by atoms with Gasteiger partial charge in [-0.2, -0.15) is 0 Å². The van der Waals surface area contributed by atoms with E-state index in [-0.39, 0.29) is 0 Å². The Balaban J connectivity index is 1.99. The highest BCUT2D eigenvalue weighted by atomic mass is 15.2. The van der Waals surface area contributed by atoms with E-state index in [2.05, 4.69) is 16.8 Å². The molecule has 18 heavy (non-hydrogen) atoms. The lowest BCUT2D eigenvalue weighted by molar-refractivity contribution is 0.517. The fourth-order valence-electron chi connectivity index (χ4n) is 2.74. The van der Waals surface area contributed by atoms with Crippen LogP contribution >= 0.6 is 0 Å². The first-order valence-corrected chi connectivity index (χ1v) is 6.48. The van der Waals surface area contributed by atoms with Crippen molar-refractivity contribution in [1.82, 2.24) is 9.97 Å². The summed E-state index contributed by atoms with van der Waals surface area (Å²) < 4.78 is 0. The Morgan fingerprint density at radius 2 is 2.11 bits per heavy atom. The summed E-state index contributed by atoms with van der Waals surface area (Å²) in [4.78, 5) is 11.5. The second-order valence-electron chi connectivity index (χ2n) is 4.98. The third kappa shape index (κ3) is 1.82. The molecule has 1 aromatic heterocycles. The van der Waals surface area contributed by atoms with Crippen LogP contribution in [0.4, 0.5) is 5.82 Å². The lowest BCUT2D eigenvalue weighted by Gasteiger charge is -2.26. The van der Waals surface area contributed by atoms with Gasteiger partial charge in [-0.3, -0.25) is 4.98 Å². The summed E-state index contributed by atoms with van der Waals surface area (Å²) in [6.45, 7) is 3.96. The highest BCUT2D eigenvalue weighted by Gasteiger charge is 2.30. The topological polar surface area (TPSA) is 55.0 Å². The second-order valence-corrected chi connectivity index (χ2v) is 4.98. The van der Waals surface area contributed by atoms with E-state index in [4.69, 9.17) is 10.7 Å². The van der Waals surface area contributed by atoms with Gasteiger partial charge in [0.2, 0.25) is 0 Å². The van der Waals surface area contributed by atoms with Gasteiger partial charge in [0.25, 0.3) is 0 Å². The van der Waals surface area contributed by atoms with Crippen molar-refractivity contribution in [1.29, 1.82) is 0 Å². The zero-order valence-electron chi connectivity index (χ0n) is 10.6. The van der Waals surface area contributed by atoms with E-state index in [1.54, 1.807) is 0 Å². The number of nitrogens with zero attached hydrogens (tertiary/aromatic N) is 3. The van der Waals surface area contributed by atoms with Crippen molar-refractivity contribution < 1.29 is 0 Å². The molecule has 0 radical (unpaired) electrons. The first-order chi connectivity index (χ1) is 8.79. The molecule has 3 rings (SSSR count). The van der Waals surface area contributed by atoms with E-state index in [9.17, 15) is 0 Å². The number of anilines is 1. The van der Waals surface area contributed by atoms with Gasteiger partial charge in [0, 0.05) is 19.1 Å². The molecule has 94 valence electrons. The Morgan fingerprint density at radius 1 is 1.33 bits per heavy atom. The maximum Gasteiger partial charge on any atom is 0.148 e. The minimum Gasteiger partial charge on any atom is -0.351 e. The van der Waals surface area contributed by atoms with Crippen molar-refractivity contribution in [2.75, 3.05) is 18.0 Å². The van der Waals surface area contributed by atoms with Crippen molar-refractivity contribution >= 4 is 16.9 Å². The Bertz CT molecular complexity index is 554. The molecule has 4 nitrogen and oxygen atoms in total. The van der Waals surface area contributed by atoms with Gasteiger partial charge in [-0.25, -0.2) is 4.98 Å². The molecule has 1 fully saturated rings. The molecule has 1 aliphatic heterocycles. The second kappa shape index (κ2) is 4.53. The van der Waals surface area contributed by atoms with Gasteiger partial charge >= 0.3 is 0 Å². The quantitative estimate of drug-likeness (QED) is 0.872. The summed E-state index contributed by atoms with van der Waals surface area (Å²) in [7, 11) is 0. The summed E-state index contributed by atoms with van der Waals surface area (Å²) in [5, 5.41) is 0. The van der Waals surface area contributed by atoms with Crippen molar-refractivity contribution in [3.05, 3.63) is 30.5 Å². The molecule has 4 heteroatoms. The average Bonchev–Trinajstić information content (AvgIpc) is 2.79. The van der Waals surface area contributed by atoms with E-state index in [0.717, 1.165) is 23.4 Å². The monoisotopic (exact) mass is 242 g/mol. The maximum absolute atomic E-state index is 5.87. The zero-order valence-corrected chi connectivity index (χ0v) is 10.6. The van der Waals surface area contributed by atoms with Crippen LogP contribution in [0.2, 0.25) is 0 Å². The average molecular weight is 242 g/mol. The van der Waals surface area contributed by atoms with E-state index >= 15 is 0 Å². The van der Waals surface area contributed by atoms with Crippen LogP contribution in [0.15, 0.2) is 30.5 Å². The minimum absolute atomic E-state index is 0.389. The van der Waals surface area contributed by atoms with Gasteiger partial charge in [-0.15, -0.1) is 0 Å². The lowest BCUT2D eigenvalue weighted by atomic mass is 10.0. The molecule has 2 unspecified atom stereocenters. The molecule has 1 saturated heterocycles. The Morgan fingerprint density at radius 3 is 2.89 bits per heavy atom. The predicted octanol–water partition coefficient (Wildman–Crippen LogP) is 1.80. The molecule has 0 amide bonds. The van der Waals surface area contributed by atoms with Crippen LogP contribution in [0.1, 0.15) is 13.3 Å². The molecule has 1 aromatic carbocycles. The maximum atomic E-state index is 5.87. The van der Waals surface area contributed by atoms with Gasteiger partial charge in [0.15, 0.2) is 0 Å². The van der Waals surface area contributed by atoms with Gasteiger partial charge in [-0.05, 0) is 24.5 Å². The third-order valence-electron chi connectivity index (χ3n) is 3.85. The molecule has 2 aromatic rings.